The van der Waals surface area contributed by atoms with Crippen molar-refractivity contribution < 1.29 is 4.74 Å². The van der Waals surface area contributed by atoms with Gasteiger partial charge in [0, 0.05) is 19.2 Å². The summed E-state index contributed by atoms with van der Waals surface area (Å²) in [5.41, 5.74) is 0.940. The predicted molar refractivity (Wildman–Crippen MR) is 70.1 cm³/mol. The molecule has 0 bridgehead atoms. The highest BCUT2D eigenvalue weighted by atomic mass is 16.5. The Morgan fingerprint density at radius 3 is 2.53 bits per heavy atom. The lowest BCUT2D eigenvalue weighted by Gasteiger charge is -2.47. The first kappa shape index (κ1) is 12.0. The van der Waals surface area contributed by atoms with Crippen molar-refractivity contribution in [2.24, 2.45) is 11.3 Å². The van der Waals surface area contributed by atoms with Crippen molar-refractivity contribution in [1.29, 1.82) is 0 Å². The van der Waals surface area contributed by atoms with E-state index < -0.39 is 0 Å². The van der Waals surface area contributed by atoms with E-state index >= 15 is 0 Å². The molecule has 1 aliphatic heterocycles. The third-order valence-electron chi connectivity index (χ3n) is 5.62. The molecule has 0 aromatic heterocycles. The molecule has 2 aliphatic carbocycles. The molecule has 3 aliphatic rings. The van der Waals surface area contributed by atoms with Crippen LogP contribution in [0.15, 0.2) is 0 Å². The molecule has 0 aromatic carbocycles. The van der Waals surface area contributed by atoms with Gasteiger partial charge in [-0.2, -0.15) is 0 Å². The monoisotopic (exact) mass is 237 g/mol. The Bertz CT molecular complexity index is 279. The fraction of sp³-hybridized carbons (Fsp3) is 1.00. The van der Waals surface area contributed by atoms with Gasteiger partial charge in [-0.05, 0) is 56.3 Å². The Morgan fingerprint density at radius 1 is 1.24 bits per heavy atom. The van der Waals surface area contributed by atoms with Crippen LogP contribution in [0.1, 0.15) is 58.8 Å². The van der Waals surface area contributed by atoms with Crippen LogP contribution in [-0.4, -0.2) is 24.8 Å². The summed E-state index contributed by atoms with van der Waals surface area (Å²) in [4.78, 5) is 0. The summed E-state index contributed by atoms with van der Waals surface area (Å²) in [6.07, 6.45) is 9.35. The summed E-state index contributed by atoms with van der Waals surface area (Å²) in [5.74, 6) is 0.840. The van der Waals surface area contributed by atoms with Gasteiger partial charge in [0.15, 0.2) is 0 Å². The summed E-state index contributed by atoms with van der Waals surface area (Å²) in [6.45, 7) is 6.98. The van der Waals surface area contributed by atoms with Crippen molar-refractivity contribution in [3.05, 3.63) is 0 Å². The molecule has 1 saturated heterocycles. The molecular weight excluding hydrogens is 210 g/mol. The minimum Gasteiger partial charge on any atom is -0.375 e. The summed E-state index contributed by atoms with van der Waals surface area (Å²) >= 11 is 0. The zero-order valence-corrected chi connectivity index (χ0v) is 11.4. The van der Waals surface area contributed by atoms with Crippen molar-refractivity contribution >= 4 is 0 Å². The van der Waals surface area contributed by atoms with Crippen LogP contribution < -0.4 is 5.32 Å². The summed E-state index contributed by atoms with van der Waals surface area (Å²) in [6, 6.07) is 0.722. The molecule has 0 aromatic rings. The molecular formula is C15H27NO. The Hall–Kier alpha value is -0.0800. The van der Waals surface area contributed by atoms with Gasteiger partial charge in [0.25, 0.3) is 0 Å². The molecule has 1 unspecified atom stereocenters. The molecule has 2 heteroatoms. The van der Waals surface area contributed by atoms with E-state index in [2.05, 4.69) is 19.2 Å². The smallest absolute Gasteiger partial charge is 0.0697 e. The maximum atomic E-state index is 5.99. The number of hydrogen-bond donors (Lipinski definition) is 1. The quantitative estimate of drug-likeness (QED) is 0.811. The average Bonchev–Trinajstić information content (AvgIpc) is 3.06. The molecule has 2 nitrogen and oxygen atoms in total. The fourth-order valence-electron chi connectivity index (χ4n) is 3.59. The second kappa shape index (κ2) is 4.24. The maximum absolute atomic E-state index is 5.99. The minimum absolute atomic E-state index is 0.296. The van der Waals surface area contributed by atoms with E-state index in [-0.39, 0.29) is 0 Å². The molecule has 3 rings (SSSR count). The van der Waals surface area contributed by atoms with E-state index in [4.69, 9.17) is 4.74 Å². The standard InChI is InChI=1S/C15H27NO/c1-12(2)14(7-8-14)11-16-13-4-9-17-15(10-13)5-3-6-15/h12-13,16H,3-11H2,1-2H3. The molecule has 0 radical (unpaired) electrons. The lowest BCUT2D eigenvalue weighted by Crippen LogP contribution is -2.51. The van der Waals surface area contributed by atoms with E-state index in [1.54, 1.807) is 0 Å². The van der Waals surface area contributed by atoms with Crippen LogP contribution in [0.2, 0.25) is 0 Å². The second-order valence-electron chi connectivity index (χ2n) is 6.97. The van der Waals surface area contributed by atoms with Crippen LogP contribution in [0, 0.1) is 11.3 Å². The van der Waals surface area contributed by atoms with Crippen molar-refractivity contribution in [3.63, 3.8) is 0 Å². The van der Waals surface area contributed by atoms with Crippen molar-refractivity contribution in [2.45, 2.75) is 70.4 Å². The summed E-state index contributed by atoms with van der Waals surface area (Å²) in [7, 11) is 0. The van der Waals surface area contributed by atoms with Gasteiger partial charge in [-0.1, -0.05) is 13.8 Å². The number of rotatable bonds is 4. The van der Waals surface area contributed by atoms with Crippen LogP contribution in [0.25, 0.3) is 0 Å². The molecule has 2 saturated carbocycles. The Labute approximate surface area is 105 Å². The van der Waals surface area contributed by atoms with E-state index in [1.165, 1.54) is 51.5 Å². The largest absolute Gasteiger partial charge is 0.375 e. The zero-order valence-electron chi connectivity index (χ0n) is 11.4. The van der Waals surface area contributed by atoms with Crippen molar-refractivity contribution in [2.75, 3.05) is 13.2 Å². The van der Waals surface area contributed by atoms with Crippen LogP contribution >= 0.6 is 0 Å². The van der Waals surface area contributed by atoms with Crippen molar-refractivity contribution in [3.8, 4) is 0 Å². The van der Waals surface area contributed by atoms with E-state index in [9.17, 15) is 0 Å². The molecule has 1 atom stereocenters. The van der Waals surface area contributed by atoms with Gasteiger partial charge in [-0.3, -0.25) is 0 Å². The number of ether oxygens (including phenoxy) is 1. The maximum Gasteiger partial charge on any atom is 0.0697 e. The van der Waals surface area contributed by atoms with Gasteiger partial charge in [0.05, 0.1) is 5.60 Å². The molecule has 1 heterocycles. The lowest BCUT2D eigenvalue weighted by atomic mass is 9.74. The fourth-order valence-corrected chi connectivity index (χ4v) is 3.59. The highest BCUT2D eigenvalue weighted by Crippen LogP contribution is 2.51. The molecule has 98 valence electrons. The summed E-state index contributed by atoms with van der Waals surface area (Å²) in [5, 5.41) is 3.85. The Balaban J connectivity index is 1.49. The highest BCUT2D eigenvalue weighted by Gasteiger charge is 2.46. The van der Waals surface area contributed by atoms with Crippen molar-refractivity contribution in [1.82, 2.24) is 5.32 Å². The number of nitrogens with one attached hydrogen (secondary N) is 1. The van der Waals surface area contributed by atoms with Crippen LogP contribution in [0.5, 0.6) is 0 Å². The predicted octanol–water partition coefficient (Wildman–Crippen LogP) is 3.11. The zero-order chi connectivity index (χ0) is 11.9. The van der Waals surface area contributed by atoms with Crippen LogP contribution in [0.3, 0.4) is 0 Å². The normalized spacial score (nSPS) is 33.7. The van der Waals surface area contributed by atoms with Gasteiger partial charge in [0.2, 0.25) is 0 Å². The van der Waals surface area contributed by atoms with Gasteiger partial charge in [0.1, 0.15) is 0 Å². The first-order valence-electron chi connectivity index (χ1n) is 7.52. The van der Waals surface area contributed by atoms with Gasteiger partial charge in [-0.15, -0.1) is 0 Å². The first-order chi connectivity index (χ1) is 8.14. The van der Waals surface area contributed by atoms with Gasteiger partial charge < -0.3 is 10.1 Å². The topological polar surface area (TPSA) is 21.3 Å². The van der Waals surface area contributed by atoms with E-state index in [0.717, 1.165) is 18.6 Å². The van der Waals surface area contributed by atoms with Crippen LogP contribution in [0.4, 0.5) is 0 Å². The molecule has 17 heavy (non-hydrogen) atoms. The van der Waals surface area contributed by atoms with E-state index in [1.807, 2.05) is 0 Å². The molecule has 1 N–H and O–H groups in total. The van der Waals surface area contributed by atoms with E-state index in [0.29, 0.717) is 11.0 Å². The Kier molecular flexibility index (Phi) is 2.99. The van der Waals surface area contributed by atoms with Crippen LogP contribution in [-0.2, 0) is 4.74 Å². The second-order valence-corrected chi connectivity index (χ2v) is 6.97. The third kappa shape index (κ3) is 2.26. The summed E-state index contributed by atoms with van der Waals surface area (Å²) < 4.78 is 5.99. The molecule has 0 amide bonds. The number of hydrogen-bond acceptors (Lipinski definition) is 2. The Morgan fingerprint density at radius 2 is 2.00 bits per heavy atom. The SMILES string of the molecule is CC(C)C1(CNC2CCOC3(CCC3)C2)CC1. The average molecular weight is 237 g/mol. The molecule has 1 spiro atoms. The lowest BCUT2D eigenvalue weighted by molar-refractivity contribution is -0.135. The minimum atomic E-state index is 0.296. The van der Waals surface area contributed by atoms with Gasteiger partial charge in [-0.25, -0.2) is 0 Å². The highest BCUT2D eigenvalue weighted by molar-refractivity contribution is 5.00. The first-order valence-corrected chi connectivity index (χ1v) is 7.52. The van der Waals surface area contributed by atoms with Gasteiger partial charge >= 0.3 is 0 Å². The third-order valence-corrected chi connectivity index (χ3v) is 5.62. The molecule has 3 fully saturated rings.